The van der Waals surface area contributed by atoms with Crippen LogP contribution in [0.25, 0.3) is 0 Å². The average molecular weight is 331 g/mol. The van der Waals surface area contributed by atoms with Crippen LogP contribution in [0.2, 0.25) is 0 Å². The molecule has 21 heavy (non-hydrogen) atoms. The molecule has 1 aromatic carbocycles. The minimum atomic E-state index is -1.07. The molecule has 4 nitrogen and oxygen atoms in total. The molecule has 0 heterocycles. The molecule has 0 unspecified atom stereocenters. The highest BCUT2D eigenvalue weighted by molar-refractivity contribution is 7.98. The van der Waals surface area contributed by atoms with Crippen molar-refractivity contribution in [3.8, 4) is 0 Å². The zero-order valence-corrected chi connectivity index (χ0v) is 13.3. The van der Waals surface area contributed by atoms with Gasteiger partial charge in [0.25, 0.3) is 0 Å². The first-order valence-corrected chi connectivity index (χ1v) is 8.19. The fraction of sp³-hybridized carbons (Fsp3) is 0.429. The third-order valence-corrected chi connectivity index (χ3v) is 4.46. The minimum absolute atomic E-state index is 0.248. The molecule has 0 aliphatic carbocycles. The Hall–Kier alpha value is -1.21. The summed E-state index contributed by atoms with van der Waals surface area (Å²) in [5.74, 6) is -0.862. The van der Waals surface area contributed by atoms with Crippen LogP contribution in [-0.4, -0.2) is 34.5 Å². The lowest BCUT2D eigenvalue weighted by atomic mass is 10.2. The molecule has 7 heteroatoms. The van der Waals surface area contributed by atoms with Crippen LogP contribution >= 0.6 is 24.4 Å². The van der Waals surface area contributed by atoms with Gasteiger partial charge in [0.2, 0.25) is 5.91 Å². The van der Waals surface area contributed by atoms with Crippen LogP contribution in [0, 0.1) is 11.7 Å². The number of halogens is 1. The van der Waals surface area contributed by atoms with Crippen molar-refractivity contribution < 1.29 is 19.1 Å². The highest BCUT2D eigenvalue weighted by Crippen LogP contribution is 2.14. The second-order valence-corrected chi connectivity index (χ2v) is 6.02. The third-order valence-electron chi connectivity index (χ3n) is 2.80. The Morgan fingerprint density at radius 2 is 2.00 bits per heavy atom. The lowest BCUT2D eigenvalue weighted by molar-refractivity contribution is -0.141. The van der Waals surface area contributed by atoms with Gasteiger partial charge in [-0.25, -0.2) is 9.18 Å². The molecule has 0 fully saturated rings. The van der Waals surface area contributed by atoms with Gasteiger partial charge in [0.05, 0.1) is 0 Å². The first-order valence-electron chi connectivity index (χ1n) is 6.40. The highest BCUT2D eigenvalue weighted by atomic mass is 32.2. The zero-order chi connectivity index (χ0) is 15.8. The second kappa shape index (κ2) is 8.94. The van der Waals surface area contributed by atoms with Gasteiger partial charge in [-0.15, -0.1) is 0 Å². The smallest absolute Gasteiger partial charge is 0.327 e. The maximum absolute atomic E-state index is 12.8. The molecule has 1 rings (SSSR count). The van der Waals surface area contributed by atoms with Crippen molar-refractivity contribution in [3.05, 3.63) is 35.6 Å². The maximum Gasteiger partial charge on any atom is 0.327 e. The molecule has 2 N–H and O–H groups in total. The van der Waals surface area contributed by atoms with E-state index in [9.17, 15) is 14.0 Å². The zero-order valence-electron chi connectivity index (χ0n) is 11.6. The van der Waals surface area contributed by atoms with Gasteiger partial charge in [-0.05, 0) is 17.7 Å². The molecule has 1 aromatic rings. The van der Waals surface area contributed by atoms with Gasteiger partial charge in [-0.2, -0.15) is 24.4 Å². The van der Waals surface area contributed by atoms with E-state index in [0.29, 0.717) is 11.5 Å². The van der Waals surface area contributed by atoms with E-state index in [0.717, 1.165) is 5.56 Å². The summed E-state index contributed by atoms with van der Waals surface area (Å²) in [4.78, 5) is 22.8. The van der Waals surface area contributed by atoms with Crippen molar-refractivity contribution in [3.63, 3.8) is 0 Å². The molecule has 116 valence electrons. The monoisotopic (exact) mass is 331 g/mol. The van der Waals surface area contributed by atoms with Crippen LogP contribution in [0.5, 0.6) is 0 Å². The van der Waals surface area contributed by atoms with Crippen molar-refractivity contribution in [1.29, 1.82) is 0 Å². The van der Waals surface area contributed by atoms with Gasteiger partial charge in [-0.3, -0.25) is 4.79 Å². The summed E-state index contributed by atoms with van der Waals surface area (Å²) in [6.07, 6.45) is 0. The first kappa shape index (κ1) is 17.8. The molecular weight excluding hydrogens is 313 g/mol. The lowest BCUT2D eigenvalue weighted by Gasteiger charge is -2.16. The number of carboxylic acid groups (broad SMARTS) is 1. The minimum Gasteiger partial charge on any atom is -0.480 e. The molecule has 2 atom stereocenters. The van der Waals surface area contributed by atoms with E-state index in [1.54, 1.807) is 19.1 Å². The molecule has 0 aliphatic heterocycles. The molecule has 0 aliphatic rings. The number of carbonyl (C=O) groups excluding carboxylic acids is 1. The van der Waals surface area contributed by atoms with Crippen LogP contribution in [-0.2, 0) is 15.3 Å². The molecule has 0 saturated carbocycles. The van der Waals surface area contributed by atoms with Gasteiger partial charge in [0, 0.05) is 23.2 Å². The van der Waals surface area contributed by atoms with Crippen molar-refractivity contribution in [2.24, 2.45) is 5.92 Å². The average Bonchev–Trinajstić information content (AvgIpc) is 2.46. The van der Waals surface area contributed by atoms with Gasteiger partial charge >= 0.3 is 5.97 Å². The number of benzene rings is 1. The van der Waals surface area contributed by atoms with Gasteiger partial charge in [-0.1, -0.05) is 19.1 Å². The number of amides is 1. The van der Waals surface area contributed by atoms with Crippen LogP contribution in [0.1, 0.15) is 12.5 Å². The summed E-state index contributed by atoms with van der Waals surface area (Å²) in [6, 6.07) is 5.09. The molecule has 0 bridgehead atoms. The third kappa shape index (κ3) is 6.39. The van der Waals surface area contributed by atoms with Gasteiger partial charge < -0.3 is 10.4 Å². The van der Waals surface area contributed by atoms with Crippen molar-refractivity contribution in [2.75, 3.05) is 11.5 Å². The number of rotatable bonds is 8. The number of hydrogen-bond acceptors (Lipinski definition) is 4. The predicted octanol–water partition coefficient (Wildman–Crippen LogP) is 2.19. The Morgan fingerprint density at radius 1 is 1.38 bits per heavy atom. The standard InChI is InChI=1S/C14H18FNO3S2/c1-9(6-20)13(17)16-12(14(18)19)8-21-7-10-2-4-11(15)5-3-10/h2-5,9,12,20H,6-8H2,1H3,(H,16,17)(H,18,19)/t9-,12+/m1/s1. The largest absolute Gasteiger partial charge is 0.480 e. The molecule has 1 amide bonds. The lowest BCUT2D eigenvalue weighted by Crippen LogP contribution is -2.45. The SMILES string of the molecule is C[C@H](CS)C(=O)N[C@@H](CSCc1ccc(F)cc1)C(=O)O. The topological polar surface area (TPSA) is 66.4 Å². The van der Waals surface area contributed by atoms with Crippen LogP contribution in [0.15, 0.2) is 24.3 Å². The Balaban J connectivity index is 2.46. The number of thioether (sulfide) groups is 1. The van der Waals surface area contributed by atoms with E-state index in [4.69, 9.17) is 5.11 Å². The number of carboxylic acids is 1. The van der Waals surface area contributed by atoms with E-state index >= 15 is 0 Å². The Bertz CT molecular complexity index is 482. The van der Waals surface area contributed by atoms with Crippen molar-refractivity contribution in [2.45, 2.75) is 18.7 Å². The molecule has 0 radical (unpaired) electrons. The van der Waals surface area contributed by atoms with Crippen molar-refractivity contribution in [1.82, 2.24) is 5.32 Å². The summed E-state index contributed by atoms with van der Waals surface area (Å²) < 4.78 is 12.8. The Kier molecular flexibility index (Phi) is 7.60. The normalized spacial score (nSPS) is 13.5. The van der Waals surface area contributed by atoms with Crippen molar-refractivity contribution >= 4 is 36.3 Å². The van der Waals surface area contributed by atoms with E-state index < -0.39 is 12.0 Å². The Labute approximate surface area is 132 Å². The summed E-state index contributed by atoms with van der Waals surface area (Å²) in [6.45, 7) is 1.69. The van der Waals surface area contributed by atoms with Crippen LogP contribution in [0.3, 0.4) is 0 Å². The molecule has 0 saturated heterocycles. The van der Waals surface area contributed by atoms with E-state index in [2.05, 4.69) is 17.9 Å². The fourth-order valence-corrected chi connectivity index (χ4v) is 2.62. The quantitative estimate of drug-likeness (QED) is 0.639. The summed E-state index contributed by atoms with van der Waals surface area (Å²) in [7, 11) is 0. The number of carbonyl (C=O) groups is 2. The van der Waals surface area contributed by atoms with E-state index in [1.165, 1.54) is 23.9 Å². The summed E-state index contributed by atoms with van der Waals surface area (Å²) in [5.41, 5.74) is 0.903. The van der Waals surface area contributed by atoms with Crippen LogP contribution in [0.4, 0.5) is 4.39 Å². The number of hydrogen-bond donors (Lipinski definition) is 3. The second-order valence-electron chi connectivity index (χ2n) is 4.62. The number of thiol groups is 1. The maximum atomic E-state index is 12.8. The summed E-state index contributed by atoms with van der Waals surface area (Å²) >= 11 is 5.38. The number of aliphatic carboxylic acids is 1. The van der Waals surface area contributed by atoms with E-state index in [1.807, 2.05) is 0 Å². The molecule has 0 spiro atoms. The van der Waals surface area contributed by atoms with Gasteiger partial charge in [0.15, 0.2) is 0 Å². The summed E-state index contributed by atoms with van der Waals surface area (Å²) in [5, 5.41) is 11.6. The highest BCUT2D eigenvalue weighted by Gasteiger charge is 2.22. The number of nitrogens with one attached hydrogen (secondary N) is 1. The molecular formula is C14H18FNO3S2. The van der Waals surface area contributed by atoms with Crippen LogP contribution < -0.4 is 5.32 Å². The first-order chi connectivity index (χ1) is 9.93. The fourth-order valence-electron chi connectivity index (χ4n) is 1.45. The Morgan fingerprint density at radius 3 is 2.52 bits per heavy atom. The predicted molar refractivity (Wildman–Crippen MR) is 85.1 cm³/mol. The van der Waals surface area contributed by atoms with Gasteiger partial charge in [0.1, 0.15) is 11.9 Å². The molecule has 0 aromatic heterocycles. The van der Waals surface area contributed by atoms with E-state index in [-0.39, 0.29) is 23.4 Å².